The average molecular weight is 336 g/mol. The molecule has 0 spiro atoms. The number of hydrogen-bond acceptors (Lipinski definition) is 1. The van der Waals surface area contributed by atoms with E-state index in [0.29, 0.717) is 6.04 Å². The number of benzene rings is 1. The van der Waals surface area contributed by atoms with Crippen molar-refractivity contribution in [2.45, 2.75) is 57.9 Å². The zero-order chi connectivity index (χ0) is 13.9. The Bertz CT molecular complexity index is 449. The minimum absolute atomic E-state index is 0.589. The van der Waals surface area contributed by atoms with Gasteiger partial charge >= 0.3 is 0 Å². The summed E-state index contributed by atoms with van der Waals surface area (Å²) in [5.41, 5.74) is 3.06. The molecule has 0 radical (unpaired) electrons. The molecule has 2 aliphatic rings. The molecule has 0 aliphatic heterocycles. The monoisotopic (exact) mass is 335 g/mol. The first-order valence-electron chi connectivity index (χ1n) is 8.28. The van der Waals surface area contributed by atoms with Gasteiger partial charge in [0.25, 0.3) is 0 Å². The molecule has 110 valence electrons. The summed E-state index contributed by atoms with van der Waals surface area (Å²) < 4.78 is 1.29. The van der Waals surface area contributed by atoms with Crippen LogP contribution in [0.5, 0.6) is 0 Å². The maximum atomic E-state index is 3.85. The predicted octanol–water partition coefficient (Wildman–Crippen LogP) is 5.24. The summed E-state index contributed by atoms with van der Waals surface area (Å²) in [6.07, 6.45) is 9.64. The van der Waals surface area contributed by atoms with Gasteiger partial charge in [-0.2, -0.15) is 0 Å². The Hall–Kier alpha value is -0.340. The van der Waals surface area contributed by atoms with Gasteiger partial charge in [-0.3, -0.25) is 0 Å². The van der Waals surface area contributed by atoms with E-state index in [1.165, 1.54) is 67.1 Å². The van der Waals surface area contributed by atoms with Crippen LogP contribution in [0.4, 0.5) is 0 Å². The van der Waals surface area contributed by atoms with E-state index >= 15 is 0 Å². The van der Waals surface area contributed by atoms with Crippen molar-refractivity contribution in [3.8, 4) is 0 Å². The molecule has 1 saturated carbocycles. The second-order valence-corrected chi connectivity index (χ2v) is 7.46. The van der Waals surface area contributed by atoms with Gasteiger partial charge in [-0.25, -0.2) is 0 Å². The highest BCUT2D eigenvalue weighted by atomic mass is 79.9. The average Bonchev–Trinajstić information content (AvgIpc) is 2.90. The molecule has 2 heteroatoms. The zero-order valence-corrected chi connectivity index (χ0v) is 14.1. The van der Waals surface area contributed by atoms with Gasteiger partial charge in [-0.1, -0.05) is 54.2 Å². The molecule has 1 fully saturated rings. The van der Waals surface area contributed by atoms with E-state index in [4.69, 9.17) is 0 Å². The fourth-order valence-electron chi connectivity index (χ4n) is 3.97. The third-order valence-corrected chi connectivity index (χ3v) is 6.15. The second kappa shape index (κ2) is 6.62. The van der Waals surface area contributed by atoms with Crippen LogP contribution in [0.15, 0.2) is 22.7 Å². The molecule has 20 heavy (non-hydrogen) atoms. The Morgan fingerprint density at radius 3 is 2.60 bits per heavy atom. The molecule has 0 amide bonds. The lowest BCUT2D eigenvalue weighted by Crippen LogP contribution is -2.28. The van der Waals surface area contributed by atoms with Crippen molar-refractivity contribution in [1.29, 1.82) is 0 Å². The minimum Gasteiger partial charge on any atom is -0.310 e. The molecule has 2 aliphatic carbocycles. The van der Waals surface area contributed by atoms with Gasteiger partial charge in [-0.05, 0) is 61.3 Å². The molecule has 1 unspecified atom stereocenters. The van der Waals surface area contributed by atoms with E-state index in [2.05, 4.69) is 46.4 Å². The highest BCUT2D eigenvalue weighted by Gasteiger charge is 2.25. The number of halogens is 1. The van der Waals surface area contributed by atoms with Crippen LogP contribution in [0.1, 0.15) is 62.6 Å². The van der Waals surface area contributed by atoms with E-state index in [-0.39, 0.29) is 0 Å². The van der Waals surface area contributed by atoms with Crippen molar-refractivity contribution in [3.63, 3.8) is 0 Å². The van der Waals surface area contributed by atoms with Gasteiger partial charge < -0.3 is 5.32 Å². The highest BCUT2D eigenvalue weighted by Crippen LogP contribution is 2.36. The standard InChI is InChI=1S/C18H26BrN/c1-2-13-6-8-14(9-7-13)12-20-18-11-10-15-16(18)4-3-5-17(15)19/h3-5,13-14,18,20H,2,6-12H2,1H3. The first-order valence-corrected chi connectivity index (χ1v) is 9.08. The molecule has 0 saturated heterocycles. The normalized spacial score (nSPS) is 29.4. The van der Waals surface area contributed by atoms with Crippen LogP contribution in [0.25, 0.3) is 0 Å². The van der Waals surface area contributed by atoms with E-state index < -0.39 is 0 Å². The summed E-state index contributed by atoms with van der Waals surface area (Å²) in [6.45, 7) is 3.56. The van der Waals surface area contributed by atoms with Gasteiger partial charge in [0, 0.05) is 10.5 Å². The molecule has 0 heterocycles. The number of fused-ring (bicyclic) bond motifs is 1. The van der Waals surface area contributed by atoms with Gasteiger partial charge in [-0.15, -0.1) is 0 Å². The lowest BCUT2D eigenvalue weighted by Gasteiger charge is -2.29. The molecule has 3 rings (SSSR count). The summed E-state index contributed by atoms with van der Waals surface area (Å²) in [5.74, 6) is 1.92. The Labute approximate surface area is 131 Å². The van der Waals surface area contributed by atoms with Crippen LogP contribution in [-0.4, -0.2) is 6.54 Å². The van der Waals surface area contributed by atoms with Crippen LogP contribution in [0, 0.1) is 11.8 Å². The quantitative estimate of drug-likeness (QED) is 0.793. The lowest BCUT2D eigenvalue weighted by molar-refractivity contribution is 0.256. The summed E-state index contributed by atoms with van der Waals surface area (Å²) in [7, 11) is 0. The SMILES string of the molecule is CCC1CCC(CNC2CCc3c(Br)cccc32)CC1. The van der Waals surface area contributed by atoms with E-state index in [1.807, 2.05) is 0 Å². The van der Waals surface area contributed by atoms with Crippen LogP contribution >= 0.6 is 15.9 Å². The Balaban J connectivity index is 1.53. The second-order valence-electron chi connectivity index (χ2n) is 6.60. The van der Waals surface area contributed by atoms with E-state index in [9.17, 15) is 0 Å². The largest absolute Gasteiger partial charge is 0.310 e. The number of rotatable bonds is 4. The van der Waals surface area contributed by atoms with Crippen molar-refractivity contribution < 1.29 is 0 Å². The maximum absolute atomic E-state index is 3.85. The smallest absolute Gasteiger partial charge is 0.0326 e. The first kappa shape index (κ1) is 14.6. The molecule has 1 aromatic rings. The van der Waals surface area contributed by atoms with Crippen LogP contribution < -0.4 is 5.32 Å². The van der Waals surface area contributed by atoms with Gasteiger partial charge in [0.1, 0.15) is 0 Å². The van der Waals surface area contributed by atoms with Crippen molar-refractivity contribution in [1.82, 2.24) is 5.32 Å². The van der Waals surface area contributed by atoms with Crippen molar-refractivity contribution >= 4 is 15.9 Å². The lowest BCUT2D eigenvalue weighted by atomic mass is 9.81. The molecule has 1 atom stereocenters. The number of hydrogen-bond donors (Lipinski definition) is 1. The van der Waals surface area contributed by atoms with E-state index in [1.54, 1.807) is 0 Å². The highest BCUT2D eigenvalue weighted by molar-refractivity contribution is 9.10. The Morgan fingerprint density at radius 2 is 1.85 bits per heavy atom. The van der Waals surface area contributed by atoms with Crippen LogP contribution in [0.2, 0.25) is 0 Å². The van der Waals surface area contributed by atoms with Crippen molar-refractivity contribution in [3.05, 3.63) is 33.8 Å². The van der Waals surface area contributed by atoms with E-state index in [0.717, 1.165) is 11.8 Å². The molecular formula is C18H26BrN. The summed E-state index contributed by atoms with van der Waals surface area (Å²) in [5, 5.41) is 3.85. The van der Waals surface area contributed by atoms with Crippen LogP contribution in [0.3, 0.4) is 0 Å². The molecule has 0 bridgehead atoms. The summed E-state index contributed by atoms with van der Waals surface area (Å²) in [6, 6.07) is 7.24. The molecule has 1 nitrogen and oxygen atoms in total. The van der Waals surface area contributed by atoms with Gasteiger partial charge in [0.05, 0.1) is 0 Å². The Kier molecular flexibility index (Phi) is 4.83. The fourth-order valence-corrected chi connectivity index (χ4v) is 4.55. The van der Waals surface area contributed by atoms with Gasteiger partial charge in [0.2, 0.25) is 0 Å². The minimum atomic E-state index is 0.589. The zero-order valence-electron chi connectivity index (χ0n) is 12.5. The van der Waals surface area contributed by atoms with Crippen molar-refractivity contribution in [2.24, 2.45) is 11.8 Å². The maximum Gasteiger partial charge on any atom is 0.0326 e. The first-order chi connectivity index (χ1) is 9.78. The Morgan fingerprint density at radius 1 is 1.10 bits per heavy atom. The third-order valence-electron chi connectivity index (χ3n) is 5.41. The topological polar surface area (TPSA) is 12.0 Å². The number of nitrogens with one attached hydrogen (secondary N) is 1. The third kappa shape index (κ3) is 3.12. The van der Waals surface area contributed by atoms with Crippen LogP contribution in [-0.2, 0) is 6.42 Å². The molecule has 0 aromatic heterocycles. The molecular weight excluding hydrogens is 310 g/mol. The molecule has 1 aromatic carbocycles. The van der Waals surface area contributed by atoms with Gasteiger partial charge in [0.15, 0.2) is 0 Å². The van der Waals surface area contributed by atoms with Crippen molar-refractivity contribution in [2.75, 3.05) is 6.54 Å². The fraction of sp³-hybridized carbons (Fsp3) is 0.667. The predicted molar refractivity (Wildman–Crippen MR) is 88.9 cm³/mol. The summed E-state index contributed by atoms with van der Waals surface area (Å²) >= 11 is 3.69. The summed E-state index contributed by atoms with van der Waals surface area (Å²) in [4.78, 5) is 0. The molecule has 1 N–H and O–H groups in total.